The van der Waals surface area contributed by atoms with E-state index in [0.29, 0.717) is 25.7 Å². The van der Waals surface area contributed by atoms with Gasteiger partial charge in [0.25, 0.3) is 0 Å². The zero-order valence-corrected chi connectivity index (χ0v) is 16.7. The van der Waals surface area contributed by atoms with Crippen molar-refractivity contribution in [2.45, 2.75) is 51.4 Å². The molecule has 0 bridgehead atoms. The molecule has 2 aromatic rings. The summed E-state index contributed by atoms with van der Waals surface area (Å²) in [6.45, 7) is 7.97. The fraction of sp³-hybridized carbons (Fsp3) is 0.500. The van der Waals surface area contributed by atoms with Gasteiger partial charge in [0.1, 0.15) is 17.1 Å². The summed E-state index contributed by atoms with van der Waals surface area (Å²) in [5, 5.41) is 2.99. The first kappa shape index (κ1) is 18.9. The van der Waals surface area contributed by atoms with Crippen molar-refractivity contribution in [2.24, 2.45) is 0 Å². The van der Waals surface area contributed by atoms with Gasteiger partial charge in [-0.05, 0) is 32.0 Å². The molecular weight excluding hydrogens is 354 g/mol. The average Bonchev–Trinajstić information content (AvgIpc) is 3.15. The van der Waals surface area contributed by atoms with E-state index in [0.717, 1.165) is 43.0 Å². The van der Waals surface area contributed by atoms with Gasteiger partial charge in [0.15, 0.2) is 0 Å². The summed E-state index contributed by atoms with van der Waals surface area (Å²) in [6, 6.07) is 12.2. The summed E-state index contributed by atoms with van der Waals surface area (Å²) >= 11 is 0. The quantitative estimate of drug-likeness (QED) is 0.879. The average molecular weight is 383 g/mol. The molecule has 0 unspecified atom stereocenters. The molecule has 2 aliphatic heterocycles. The van der Waals surface area contributed by atoms with Gasteiger partial charge in [-0.3, -0.25) is 0 Å². The molecule has 6 heteroatoms. The lowest BCUT2D eigenvalue weighted by Crippen LogP contribution is -2.56. The lowest BCUT2D eigenvalue weighted by atomic mass is 9.90. The van der Waals surface area contributed by atoms with Crippen LogP contribution in [-0.4, -0.2) is 47.1 Å². The molecule has 1 fully saturated rings. The fourth-order valence-corrected chi connectivity index (χ4v) is 4.15. The van der Waals surface area contributed by atoms with Gasteiger partial charge in [-0.15, -0.1) is 0 Å². The fourth-order valence-electron chi connectivity index (χ4n) is 4.15. The molecule has 0 saturated carbocycles. The summed E-state index contributed by atoms with van der Waals surface area (Å²) in [5.74, 6) is 1.65. The Hall–Kier alpha value is -2.47. The second kappa shape index (κ2) is 7.87. The van der Waals surface area contributed by atoms with Crippen LogP contribution in [0.25, 0.3) is 0 Å². The smallest absolute Gasteiger partial charge is 0.318 e. The van der Waals surface area contributed by atoms with Gasteiger partial charge in [0, 0.05) is 37.5 Å². The van der Waals surface area contributed by atoms with Crippen LogP contribution in [0, 0.1) is 0 Å². The molecule has 1 spiro atoms. The standard InChI is InChI=1S/C22H29N3O3/c1-17(2)24-11-9-22(10-12-24)16-25(15-18-6-3-4-8-20(18)28-22)21(26)23-14-19-7-5-13-27-19/h3-8,13,17H,9-12,14-16H2,1-2H3,(H,23,26). The number of hydrogen-bond donors (Lipinski definition) is 1. The van der Waals surface area contributed by atoms with E-state index in [2.05, 4.69) is 24.1 Å². The molecule has 0 aliphatic carbocycles. The molecule has 4 rings (SSSR count). The van der Waals surface area contributed by atoms with Gasteiger partial charge in [-0.25, -0.2) is 4.79 Å². The number of para-hydroxylation sites is 1. The predicted octanol–water partition coefficient (Wildman–Crippen LogP) is 3.63. The number of hydrogen-bond acceptors (Lipinski definition) is 4. The Kier molecular flexibility index (Phi) is 5.31. The van der Waals surface area contributed by atoms with Crippen LogP contribution >= 0.6 is 0 Å². The number of carbonyl (C=O) groups excluding carboxylic acids is 1. The van der Waals surface area contributed by atoms with Gasteiger partial charge in [-0.2, -0.15) is 0 Å². The van der Waals surface area contributed by atoms with Crippen LogP contribution in [0.2, 0.25) is 0 Å². The van der Waals surface area contributed by atoms with Gasteiger partial charge in [-0.1, -0.05) is 18.2 Å². The number of benzene rings is 1. The summed E-state index contributed by atoms with van der Waals surface area (Å²) in [7, 11) is 0. The summed E-state index contributed by atoms with van der Waals surface area (Å²) in [6.07, 6.45) is 3.46. The van der Waals surface area contributed by atoms with Crippen molar-refractivity contribution in [1.29, 1.82) is 0 Å². The number of furan rings is 1. The molecule has 1 saturated heterocycles. The Morgan fingerprint density at radius 2 is 1.96 bits per heavy atom. The molecule has 1 N–H and O–H groups in total. The number of ether oxygens (including phenoxy) is 1. The summed E-state index contributed by atoms with van der Waals surface area (Å²) < 4.78 is 11.9. The number of carbonyl (C=O) groups is 1. The van der Waals surface area contributed by atoms with E-state index in [-0.39, 0.29) is 11.6 Å². The first-order chi connectivity index (χ1) is 13.5. The zero-order chi connectivity index (χ0) is 19.6. The van der Waals surface area contributed by atoms with Crippen LogP contribution in [0.4, 0.5) is 4.79 Å². The maximum Gasteiger partial charge on any atom is 0.318 e. The second-order valence-corrected chi connectivity index (χ2v) is 8.12. The highest BCUT2D eigenvalue weighted by molar-refractivity contribution is 5.74. The van der Waals surface area contributed by atoms with Crippen LogP contribution in [-0.2, 0) is 13.1 Å². The van der Waals surface area contributed by atoms with Crippen molar-refractivity contribution < 1.29 is 13.9 Å². The minimum Gasteiger partial charge on any atom is -0.485 e. The molecule has 0 atom stereocenters. The lowest BCUT2D eigenvalue weighted by molar-refractivity contribution is -0.0179. The maximum atomic E-state index is 13.0. The Balaban J connectivity index is 1.52. The minimum absolute atomic E-state index is 0.0811. The van der Waals surface area contributed by atoms with E-state index in [1.165, 1.54) is 0 Å². The number of urea groups is 1. The van der Waals surface area contributed by atoms with Gasteiger partial charge in [0.2, 0.25) is 0 Å². The second-order valence-electron chi connectivity index (χ2n) is 8.12. The van der Waals surface area contributed by atoms with Crippen LogP contribution < -0.4 is 10.1 Å². The predicted molar refractivity (Wildman–Crippen MR) is 107 cm³/mol. The van der Waals surface area contributed by atoms with Crippen LogP contribution in [0.3, 0.4) is 0 Å². The van der Waals surface area contributed by atoms with Crippen molar-refractivity contribution in [3.63, 3.8) is 0 Å². The number of amides is 2. The van der Waals surface area contributed by atoms with Crippen molar-refractivity contribution in [3.8, 4) is 5.75 Å². The molecular formula is C22H29N3O3. The van der Waals surface area contributed by atoms with E-state index in [9.17, 15) is 4.79 Å². The molecule has 1 aromatic heterocycles. The van der Waals surface area contributed by atoms with Crippen LogP contribution in [0.5, 0.6) is 5.75 Å². The highest BCUT2D eigenvalue weighted by Crippen LogP contribution is 2.35. The Bertz CT molecular complexity index is 795. The van der Waals surface area contributed by atoms with Crippen molar-refractivity contribution in [1.82, 2.24) is 15.1 Å². The largest absolute Gasteiger partial charge is 0.485 e. The minimum atomic E-state index is -0.333. The number of nitrogens with zero attached hydrogens (tertiary/aromatic N) is 2. The van der Waals surface area contributed by atoms with E-state index >= 15 is 0 Å². The Labute approximate surface area is 166 Å². The SMILES string of the molecule is CC(C)N1CCC2(CC1)CN(C(=O)NCc1ccco1)Cc1ccccc1O2. The van der Waals surface area contributed by atoms with Gasteiger partial charge >= 0.3 is 6.03 Å². The highest BCUT2D eigenvalue weighted by Gasteiger charge is 2.42. The third-order valence-electron chi connectivity index (χ3n) is 5.86. The zero-order valence-electron chi connectivity index (χ0n) is 16.7. The van der Waals surface area contributed by atoms with Gasteiger partial charge < -0.3 is 24.3 Å². The molecule has 28 heavy (non-hydrogen) atoms. The monoisotopic (exact) mass is 383 g/mol. The Morgan fingerprint density at radius 1 is 1.18 bits per heavy atom. The van der Waals surface area contributed by atoms with E-state index < -0.39 is 0 Å². The normalized spacial score (nSPS) is 19.2. The summed E-state index contributed by atoms with van der Waals surface area (Å²) in [4.78, 5) is 17.3. The molecule has 150 valence electrons. The van der Waals surface area contributed by atoms with Gasteiger partial charge in [0.05, 0.1) is 25.9 Å². The molecule has 2 aliphatic rings. The number of piperidine rings is 1. The van der Waals surface area contributed by atoms with Crippen molar-refractivity contribution >= 4 is 6.03 Å². The van der Waals surface area contributed by atoms with E-state index in [4.69, 9.17) is 9.15 Å². The maximum absolute atomic E-state index is 13.0. The first-order valence-electron chi connectivity index (χ1n) is 10.1. The number of rotatable bonds is 3. The molecule has 1 aromatic carbocycles. The molecule has 2 amide bonds. The van der Waals surface area contributed by atoms with Crippen LogP contribution in [0.1, 0.15) is 38.0 Å². The third-order valence-corrected chi connectivity index (χ3v) is 5.86. The van der Waals surface area contributed by atoms with Crippen molar-refractivity contribution in [2.75, 3.05) is 19.6 Å². The summed E-state index contributed by atoms with van der Waals surface area (Å²) in [5.41, 5.74) is 0.721. The third kappa shape index (κ3) is 4.02. The van der Waals surface area contributed by atoms with E-state index in [1.54, 1.807) is 6.26 Å². The van der Waals surface area contributed by atoms with Crippen molar-refractivity contribution in [3.05, 3.63) is 54.0 Å². The van der Waals surface area contributed by atoms with E-state index in [1.807, 2.05) is 41.3 Å². The number of fused-ring (bicyclic) bond motifs is 1. The topological polar surface area (TPSA) is 58.0 Å². The van der Waals surface area contributed by atoms with Crippen LogP contribution in [0.15, 0.2) is 47.1 Å². The Morgan fingerprint density at radius 3 is 2.68 bits per heavy atom. The highest BCUT2D eigenvalue weighted by atomic mass is 16.5. The lowest BCUT2D eigenvalue weighted by Gasteiger charge is -2.43. The first-order valence-corrected chi connectivity index (χ1v) is 10.1. The number of likely N-dealkylation sites (tertiary alicyclic amines) is 1. The number of nitrogens with one attached hydrogen (secondary N) is 1. The molecule has 6 nitrogen and oxygen atoms in total. The molecule has 0 radical (unpaired) electrons. The molecule has 3 heterocycles.